The molecule has 0 saturated carbocycles. The Morgan fingerprint density at radius 2 is 1.85 bits per heavy atom. The lowest BCUT2D eigenvalue weighted by Crippen LogP contribution is -2.50. The summed E-state index contributed by atoms with van der Waals surface area (Å²) < 4.78 is 0. The molecule has 0 aromatic carbocycles. The van der Waals surface area contributed by atoms with Crippen molar-refractivity contribution in [1.82, 2.24) is 9.80 Å². The van der Waals surface area contributed by atoms with Crippen LogP contribution in [0.4, 0.5) is 0 Å². The highest BCUT2D eigenvalue weighted by Gasteiger charge is 2.24. The summed E-state index contributed by atoms with van der Waals surface area (Å²) in [6.45, 7) is 2.59. The van der Waals surface area contributed by atoms with Gasteiger partial charge in [-0.15, -0.1) is 11.3 Å². The summed E-state index contributed by atoms with van der Waals surface area (Å²) >= 11 is 4.84. The van der Waals surface area contributed by atoms with E-state index in [1.54, 1.807) is 0 Å². The Morgan fingerprint density at radius 3 is 2.45 bits per heavy atom. The Labute approximate surface area is 131 Å². The Bertz CT molecular complexity index is 442. The van der Waals surface area contributed by atoms with Gasteiger partial charge in [0.15, 0.2) is 0 Å². The number of hydrogen-bond acceptors (Lipinski definition) is 3. The van der Waals surface area contributed by atoms with Crippen molar-refractivity contribution in [2.45, 2.75) is 19.3 Å². The number of carbonyl (C=O) groups is 2. The Hall–Kier alpha value is -0.880. The minimum absolute atomic E-state index is 0.0892. The summed E-state index contributed by atoms with van der Waals surface area (Å²) in [6, 6.07) is 3.74. The second-order valence-electron chi connectivity index (χ2n) is 4.80. The van der Waals surface area contributed by atoms with Crippen LogP contribution in [0.2, 0.25) is 0 Å². The standard InChI is InChI=1S/C14H19BrN2O2S/c15-6-2-1-5-13(18)16-7-9-17(10-8-16)14(19)12-4-3-11-20-12/h3-4,11H,1-2,5-10H2. The van der Waals surface area contributed by atoms with Crippen LogP contribution >= 0.6 is 27.3 Å². The number of nitrogens with zero attached hydrogens (tertiary/aromatic N) is 2. The van der Waals surface area contributed by atoms with E-state index in [0.717, 1.165) is 23.0 Å². The number of alkyl halides is 1. The van der Waals surface area contributed by atoms with Crippen molar-refractivity contribution in [2.24, 2.45) is 0 Å². The molecular weight excluding hydrogens is 340 g/mol. The molecule has 1 aromatic heterocycles. The van der Waals surface area contributed by atoms with Crippen LogP contribution in [0.15, 0.2) is 17.5 Å². The van der Waals surface area contributed by atoms with Gasteiger partial charge in [0.1, 0.15) is 0 Å². The van der Waals surface area contributed by atoms with Crippen LogP contribution < -0.4 is 0 Å². The number of halogens is 1. The van der Waals surface area contributed by atoms with Gasteiger partial charge in [-0.25, -0.2) is 0 Å². The summed E-state index contributed by atoms with van der Waals surface area (Å²) in [4.78, 5) is 28.7. The van der Waals surface area contributed by atoms with E-state index in [0.29, 0.717) is 32.6 Å². The third-order valence-corrected chi connectivity index (χ3v) is 4.84. The normalized spacial score (nSPS) is 15.4. The predicted molar refractivity (Wildman–Crippen MR) is 84.4 cm³/mol. The largest absolute Gasteiger partial charge is 0.339 e. The van der Waals surface area contributed by atoms with Gasteiger partial charge in [0.05, 0.1) is 4.88 Å². The van der Waals surface area contributed by atoms with Gasteiger partial charge in [-0.2, -0.15) is 0 Å². The number of piperazine rings is 1. The zero-order valence-corrected chi connectivity index (χ0v) is 13.8. The highest BCUT2D eigenvalue weighted by atomic mass is 79.9. The van der Waals surface area contributed by atoms with E-state index in [-0.39, 0.29) is 11.8 Å². The van der Waals surface area contributed by atoms with Crippen molar-refractivity contribution in [3.63, 3.8) is 0 Å². The van der Waals surface area contributed by atoms with Gasteiger partial charge >= 0.3 is 0 Å². The smallest absolute Gasteiger partial charge is 0.264 e. The topological polar surface area (TPSA) is 40.6 Å². The van der Waals surface area contributed by atoms with Gasteiger partial charge in [0.25, 0.3) is 5.91 Å². The number of hydrogen-bond donors (Lipinski definition) is 0. The van der Waals surface area contributed by atoms with Gasteiger partial charge in [-0.3, -0.25) is 9.59 Å². The maximum absolute atomic E-state index is 12.2. The molecule has 0 aliphatic carbocycles. The lowest BCUT2D eigenvalue weighted by molar-refractivity contribution is -0.132. The fraction of sp³-hybridized carbons (Fsp3) is 0.571. The number of unbranched alkanes of at least 4 members (excludes halogenated alkanes) is 1. The maximum atomic E-state index is 12.2. The van der Waals surface area contributed by atoms with Gasteiger partial charge in [-0.1, -0.05) is 22.0 Å². The first kappa shape index (κ1) is 15.5. The number of rotatable bonds is 5. The monoisotopic (exact) mass is 358 g/mol. The highest BCUT2D eigenvalue weighted by molar-refractivity contribution is 9.09. The average molecular weight is 359 g/mol. The molecule has 0 radical (unpaired) electrons. The quantitative estimate of drug-likeness (QED) is 0.599. The maximum Gasteiger partial charge on any atom is 0.264 e. The lowest BCUT2D eigenvalue weighted by atomic mass is 10.2. The second kappa shape index (κ2) is 7.78. The molecule has 2 heterocycles. The van der Waals surface area contributed by atoms with E-state index in [2.05, 4.69) is 15.9 Å². The van der Waals surface area contributed by atoms with Crippen molar-refractivity contribution in [3.8, 4) is 0 Å². The summed E-state index contributed by atoms with van der Waals surface area (Å²) in [7, 11) is 0. The molecule has 6 heteroatoms. The first-order chi connectivity index (χ1) is 9.72. The molecule has 1 aromatic rings. The van der Waals surface area contributed by atoms with Gasteiger partial charge in [0.2, 0.25) is 5.91 Å². The molecule has 1 aliphatic heterocycles. The molecule has 0 N–H and O–H groups in total. The van der Waals surface area contributed by atoms with Gasteiger partial charge < -0.3 is 9.80 Å². The van der Waals surface area contributed by atoms with Crippen LogP contribution in [-0.4, -0.2) is 53.1 Å². The molecule has 0 atom stereocenters. The van der Waals surface area contributed by atoms with Gasteiger partial charge in [0, 0.05) is 37.9 Å². The molecule has 1 saturated heterocycles. The summed E-state index contributed by atoms with van der Waals surface area (Å²) in [5, 5.41) is 2.86. The third kappa shape index (κ3) is 4.06. The lowest BCUT2D eigenvalue weighted by Gasteiger charge is -2.34. The van der Waals surface area contributed by atoms with E-state index < -0.39 is 0 Å². The highest BCUT2D eigenvalue weighted by Crippen LogP contribution is 2.14. The fourth-order valence-electron chi connectivity index (χ4n) is 2.24. The van der Waals surface area contributed by atoms with Crippen molar-refractivity contribution < 1.29 is 9.59 Å². The van der Waals surface area contributed by atoms with E-state index in [1.165, 1.54) is 11.3 Å². The zero-order valence-electron chi connectivity index (χ0n) is 11.4. The van der Waals surface area contributed by atoms with E-state index in [4.69, 9.17) is 0 Å². The zero-order chi connectivity index (χ0) is 14.4. The number of carbonyl (C=O) groups excluding carboxylic acids is 2. The molecule has 110 valence electrons. The summed E-state index contributed by atoms with van der Waals surface area (Å²) in [5.41, 5.74) is 0. The molecule has 0 spiro atoms. The average Bonchev–Trinajstić information content (AvgIpc) is 3.01. The Balaban J connectivity index is 1.77. The molecule has 2 rings (SSSR count). The predicted octanol–water partition coefficient (Wildman–Crippen LogP) is 2.60. The number of amides is 2. The molecule has 1 fully saturated rings. The van der Waals surface area contributed by atoms with E-state index >= 15 is 0 Å². The molecular formula is C14H19BrN2O2S. The van der Waals surface area contributed by atoms with Crippen molar-refractivity contribution >= 4 is 39.1 Å². The summed E-state index contributed by atoms with van der Waals surface area (Å²) in [5.74, 6) is 0.306. The summed E-state index contributed by atoms with van der Waals surface area (Å²) in [6.07, 6.45) is 2.57. The molecule has 0 unspecified atom stereocenters. The molecule has 2 amide bonds. The SMILES string of the molecule is O=C(CCCCBr)N1CCN(C(=O)c2cccs2)CC1. The van der Waals surface area contributed by atoms with E-state index in [9.17, 15) is 9.59 Å². The van der Waals surface area contributed by atoms with Crippen molar-refractivity contribution in [3.05, 3.63) is 22.4 Å². The van der Waals surface area contributed by atoms with Crippen LogP contribution in [0.1, 0.15) is 28.9 Å². The van der Waals surface area contributed by atoms with Crippen LogP contribution in [0.25, 0.3) is 0 Å². The van der Waals surface area contributed by atoms with Crippen LogP contribution in [-0.2, 0) is 4.79 Å². The molecule has 20 heavy (non-hydrogen) atoms. The van der Waals surface area contributed by atoms with Crippen molar-refractivity contribution in [1.29, 1.82) is 0 Å². The first-order valence-electron chi connectivity index (χ1n) is 6.89. The fourth-order valence-corrected chi connectivity index (χ4v) is 3.33. The third-order valence-electron chi connectivity index (χ3n) is 3.43. The molecule has 1 aliphatic rings. The Kier molecular flexibility index (Phi) is 6.04. The van der Waals surface area contributed by atoms with Crippen LogP contribution in [0.3, 0.4) is 0 Å². The first-order valence-corrected chi connectivity index (χ1v) is 8.89. The molecule has 4 nitrogen and oxygen atoms in total. The van der Waals surface area contributed by atoms with Crippen molar-refractivity contribution in [2.75, 3.05) is 31.5 Å². The van der Waals surface area contributed by atoms with Gasteiger partial charge in [-0.05, 0) is 24.3 Å². The van der Waals surface area contributed by atoms with Crippen LogP contribution in [0, 0.1) is 0 Å². The number of thiophene rings is 1. The minimum atomic E-state index is 0.0892. The molecule has 0 bridgehead atoms. The second-order valence-corrected chi connectivity index (χ2v) is 6.54. The Morgan fingerprint density at radius 1 is 1.15 bits per heavy atom. The van der Waals surface area contributed by atoms with Crippen LogP contribution in [0.5, 0.6) is 0 Å². The van der Waals surface area contributed by atoms with E-state index in [1.807, 2.05) is 27.3 Å². The minimum Gasteiger partial charge on any atom is -0.339 e.